The quantitative estimate of drug-likeness (QED) is 0.383. The summed E-state index contributed by atoms with van der Waals surface area (Å²) in [5, 5.41) is 9.21. The van der Waals surface area contributed by atoms with Crippen LogP contribution in [0.25, 0.3) is 0 Å². The van der Waals surface area contributed by atoms with Gasteiger partial charge in [-0.1, -0.05) is 60.1 Å². The summed E-state index contributed by atoms with van der Waals surface area (Å²) in [6.45, 7) is 16.4. The van der Waals surface area contributed by atoms with Gasteiger partial charge < -0.3 is 9.84 Å². The molecule has 9 atom stereocenters. The van der Waals surface area contributed by atoms with Crippen LogP contribution in [-0.4, -0.2) is 30.1 Å². The number of carboxylic acid groups (broad SMARTS) is 1. The summed E-state index contributed by atoms with van der Waals surface area (Å²) in [6.07, 6.45) is 12.1. The Balaban J connectivity index is 1.57. The molecule has 4 heteroatoms. The first kappa shape index (κ1) is 26.9. The lowest BCUT2D eigenvalue weighted by atomic mass is 9.41. The lowest BCUT2D eigenvalue weighted by molar-refractivity contribution is -0.144. The number of carbonyl (C=O) groups is 2. The predicted octanol–water partition coefficient (Wildman–Crippen LogP) is 7.31. The average molecular weight is 487 g/mol. The molecule has 0 bridgehead atoms. The highest BCUT2D eigenvalue weighted by Gasteiger charge is 2.65. The van der Waals surface area contributed by atoms with Crippen LogP contribution in [0.2, 0.25) is 0 Å². The van der Waals surface area contributed by atoms with Crippen LogP contribution in [0.4, 0.5) is 0 Å². The Morgan fingerprint density at radius 2 is 1.71 bits per heavy atom. The Bertz CT molecular complexity index is 888. The third-order valence-electron chi connectivity index (χ3n) is 12.3. The Labute approximate surface area is 213 Å². The van der Waals surface area contributed by atoms with Crippen molar-refractivity contribution in [3.63, 3.8) is 0 Å². The number of allylic oxidation sites excluding steroid dienone is 2. The largest absolute Gasteiger partial charge is 0.481 e. The topological polar surface area (TPSA) is 63.6 Å². The van der Waals surface area contributed by atoms with E-state index < -0.39 is 11.9 Å². The molecule has 0 radical (unpaired) electrons. The Hall–Kier alpha value is -1.16. The molecule has 35 heavy (non-hydrogen) atoms. The number of hydrogen-bond donors (Lipinski definition) is 1. The maximum Gasteiger partial charge on any atom is 0.306 e. The molecular formula is C31H50O4. The number of Topliss-reactive ketones (excluding diaryl/α,β-unsaturated/α-hetero) is 1. The highest BCUT2D eigenvalue weighted by atomic mass is 16.5. The molecule has 0 saturated heterocycles. The molecule has 0 spiro atoms. The fraction of sp³-hybridized carbons (Fsp3) is 0.871. The molecule has 0 aliphatic heterocycles. The van der Waals surface area contributed by atoms with Gasteiger partial charge in [-0.3, -0.25) is 9.59 Å². The van der Waals surface area contributed by atoms with Crippen molar-refractivity contribution in [2.75, 3.05) is 7.11 Å². The molecule has 0 aromatic carbocycles. The third-order valence-corrected chi connectivity index (χ3v) is 12.3. The summed E-state index contributed by atoms with van der Waals surface area (Å²) in [7, 11) is 1.89. The SMILES string of the molecule is CO[C@@H]1CC[C@@]2(C)C(CC=C3[C@H]2CC[C@]2(C)[C@@H]([C@H](C)CC(=O)CC(C)C(=O)O)CC[C@@]32C)C1(C)C. The maximum absolute atomic E-state index is 12.7. The second-order valence-corrected chi connectivity index (χ2v) is 14.2. The minimum atomic E-state index is -0.872. The van der Waals surface area contributed by atoms with Gasteiger partial charge in [0.15, 0.2) is 0 Å². The minimum absolute atomic E-state index is 0.114. The summed E-state index contributed by atoms with van der Waals surface area (Å²) < 4.78 is 5.97. The third kappa shape index (κ3) is 3.96. The van der Waals surface area contributed by atoms with E-state index in [9.17, 15) is 14.7 Å². The van der Waals surface area contributed by atoms with Crippen molar-refractivity contribution in [1.29, 1.82) is 0 Å². The number of fused-ring (bicyclic) bond motifs is 5. The van der Waals surface area contributed by atoms with Crippen LogP contribution in [0.1, 0.15) is 106 Å². The summed E-state index contributed by atoms with van der Waals surface area (Å²) in [5.74, 6) is 0.781. The Kier molecular flexibility index (Phi) is 6.91. The van der Waals surface area contributed by atoms with Crippen molar-refractivity contribution in [1.82, 2.24) is 0 Å². The molecule has 0 amide bonds. The van der Waals surface area contributed by atoms with E-state index >= 15 is 0 Å². The Morgan fingerprint density at radius 3 is 2.34 bits per heavy atom. The highest BCUT2D eigenvalue weighted by Crippen LogP contribution is 2.73. The van der Waals surface area contributed by atoms with Crippen LogP contribution >= 0.6 is 0 Å². The van der Waals surface area contributed by atoms with E-state index in [1.165, 1.54) is 32.1 Å². The van der Waals surface area contributed by atoms with Crippen LogP contribution in [-0.2, 0) is 14.3 Å². The lowest BCUT2D eigenvalue weighted by Gasteiger charge is -2.64. The van der Waals surface area contributed by atoms with E-state index in [4.69, 9.17) is 4.74 Å². The van der Waals surface area contributed by atoms with E-state index in [0.717, 1.165) is 12.8 Å². The van der Waals surface area contributed by atoms with Crippen molar-refractivity contribution in [3.05, 3.63) is 11.6 Å². The van der Waals surface area contributed by atoms with Gasteiger partial charge in [0.05, 0.1) is 12.0 Å². The standard InChI is InChI=1S/C31H50O4/c1-19(17-21(32)18-20(2)27(33)34)22-11-15-31(7)24-9-10-25-28(3,4)26(35-8)13-14-29(25,5)23(24)12-16-30(22,31)6/h9,19-20,22-23,25-26H,10-18H2,1-8H3,(H,33,34)/t19-,20?,22-,23-,25?,26-,29-,30-,31+/m1/s1. The first-order chi connectivity index (χ1) is 16.2. The van der Waals surface area contributed by atoms with Gasteiger partial charge in [0.1, 0.15) is 5.78 Å². The molecule has 4 rings (SSSR count). The van der Waals surface area contributed by atoms with Gasteiger partial charge >= 0.3 is 5.97 Å². The van der Waals surface area contributed by atoms with E-state index in [2.05, 4.69) is 47.6 Å². The van der Waals surface area contributed by atoms with Crippen molar-refractivity contribution in [2.24, 2.45) is 51.2 Å². The molecular weight excluding hydrogens is 436 g/mol. The number of carbonyl (C=O) groups excluding carboxylic acids is 1. The van der Waals surface area contributed by atoms with Gasteiger partial charge in [-0.2, -0.15) is 0 Å². The van der Waals surface area contributed by atoms with Crippen molar-refractivity contribution < 1.29 is 19.4 Å². The molecule has 198 valence electrons. The molecule has 3 fully saturated rings. The van der Waals surface area contributed by atoms with Crippen LogP contribution in [0.5, 0.6) is 0 Å². The van der Waals surface area contributed by atoms with Crippen LogP contribution in [0, 0.1) is 51.2 Å². The van der Waals surface area contributed by atoms with Gasteiger partial charge in [-0.25, -0.2) is 0 Å². The summed E-state index contributed by atoms with van der Waals surface area (Å²) in [4.78, 5) is 24.0. The van der Waals surface area contributed by atoms with Crippen molar-refractivity contribution >= 4 is 11.8 Å². The molecule has 3 saturated carbocycles. The van der Waals surface area contributed by atoms with Crippen LogP contribution in [0.3, 0.4) is 0 Å². The van der Waals surface area contributed by atoms with Crippen LogP contribution < -0.4 is 0 Å². The smallest absolute Gasteiger partial charge is 0.306 e. The highest BCUT2D eigenvalue weighted by molar-refractivity contribution is 5.83. The predicted molar refractivity (Wildman–Crippen MR) is 140 cm³/mol. The molecule has 4 aliphatic carbocycles. The minimum Gasteiger partial charge on any atom is -0.481 e. The monoisotopic (exact) mass is 486 g/mol. The first-order valence-electron chi connectivity index (χ1n) is 14.2. The van der Waals surface area contributed by atoms with E-state index in [1.54, 1.807) is 12.5 Å². The van der Waals surface area contributed by atoms with E-state index in [0.29, 0.717) is 41.6 Å². The van der Waals surface area contributed by atoms with Crippen molar-refractivity contribution in [3.8, 4) is 0 Å². The number of ketones is 1. The molecule has 1 N–H and O–H groups in total. The zero-order chi connectivity index (χ0) is 26.0. The molecule has 4 aliphatic rings. The number of methoxy groups -OCH3 is 1. The van der Waals surface area contributed by atoms with Gasteiger partial charge in [0.25, 0.3) is 0 Å². The van der Waals surface area contributed by atoms with E-state index in [-0.39, 0.29) is 28.4 Å². The average Bonchev–Trinajstić information content (AvgIpc) is 3.04. The van der Waals surface area contributed by atoms with Crippen LogP contribution in [0.15, 0.2) is 11.6 Å². The molecule has 0 aromatic rings. The van der Waals surface area contributed by atoms with E-state index in [1.807, 2.05) is 7.11 Å². The lowest BCUT2D eigenvalue weighted by Crippen LogP contribution is -2.58. The zero-order valence-electron chi connectivity index (χ0n) is 23.6. The van der Waals surface area contributed by atoms with Gasteiger partial charge in [-0.15, -0.1) is 0 Å². The maximum atomic E-state index is 12.7. The number of carboxylic acids is 1. The fourth-order valence-electron chi connectivity index (χ4n) is 10.1. The molecule has 0 heterocycles. The fourth-order valence-corrected chi connectivity index (χ4v) is 10.1. The summed E-state index contributed by atoms with van der Waals surface area (Å²) >= 11 is 0. The van der Waals surface area contributed by atoms with Gasteiger partial charge in [-0.05, 0) is 90.3 Å². The van der Waals surface area contributed by atoms with Gasteiger partial charge in [0, 0.05) is 20.0 Å². The molecule has 0 aromatic heterocycles. The molecule has 2 unspecified atom stereocenters. The molecule has 4 nitrogen and oxygen atoms in total. The van der Waals surface area contributed by atoms with Gasteiger partial charge in [0.2, 0.25) is 0 Å². The summed E-state index contributed by atoms with van der Waals surface area (Å²) in [5.41, 5.74) is 2.65. The first-order valence-corrected chi connectivity index (χ1v) is 14.2. The second-order valence-electron chi connectivity index (χ2n) is 14.2. The number of aliphatic carboxylic acids is 1. The number of rotatable bonds is 7. The van der Waals surface area contributed by atoms with Crippen molar-refractivity contribution in [2.45, 2.75) is 112 Å². The zero-order valence-corrected chi connectivity index (χ0v) is 23.6. The number of hydrogen-bond acceptors (Lipinski definition) is 3. The number of ether oxygens (including phenoxy) is 1. The normalized spacial score (nSPS) is 43.8. The summed E-state index contributed by atoms with van der Waals surface area (Å²) in [6, 6.07) is 0. The Morgan fingerprint density at radius 1 is 1.03 bits per heavy atom. The second kappa shape index (κ2) is 8.99.